The van der Waals surface area contributed by atoms with Gasteiger partial charge in [0.1, 0.15) is 17.1 Å². The standard InChI is InChI=1S/C19H18O3/c1-2-3-10-21-16-8-9-18-15(11-16)12-19(22-18)17-7-5-4-6-14(17)13-20/h4-9,11-13H,2-3,10H2,1H3. The van der Waals surface area contributed by atoms with Gasteiger partial charge in [-0.1, -0.05) is 37.6 Å². The Kier molecular flexibility index (Phi) is 4.24. The molecule has 0 unspecified atom stereocenters. The van der Waals surface area contributed by atoms with Crippen LogP contribution in [0, 0.1) is 0 Å². The number of carbonyl (C=O) groups excluding carboxylic acids is 1. The third-order valence-corrected chi connectivity index (χ3v) is 3.61. The molecule has 0 radical (unpaired) electrons. The zero-order valence-electron chi connectivity index (χ0n) is 12.5. The summed E-state index contributed by atoms with van der Waals surface area (Å²) in [5.41, 5.74) is 2.22. The highest BCUT2D eigenvalue weighted by molar-refractivity contribution is 5.90. The maximum absolute atomic E-state index is 11.2. The van der Waals surface area contributed by atoms with E-state index >= 15 is 0 Å². The molecule has 0 spiro atoms. The molecule has 0 N–H and O–H groups in total. The van der Waals surface area contributed by atoms with Gasteiger partial charge in [0, 0.05) is 16.5 Å². The first kappa shape index (κ1) is 14.4. The zero-order valence-corrected chi connectivity index (χ0v) is 12.5. The van der Waals surface area contributed by atoms with E-state index in [1.807, 2.05) is 42.5 Å². The zero-order chi connectivity index (χ0) is 15.4. The molecule has 0 saturated carbocycles. The lowest BCUT2D eigenvalue weighted by atomic mass is 10.1. The third-order valence-electron chi connectivity index (χ3n) is 3.61. The SMILES string of the molecule is CCCCOc1ccc2oc(-c3ccccc3C=O)cc2c1. The van der Waals surface area contributed by atoms with Crippen molar-refractivity contribution in [2.24, 2.45) is 0 Å². The van der Waals surface area contributed by atoms with Gasteiger partial charge in [-0.05, 0) is 30.7 Å². The normalized spacial score (nSPS) is 10.8. The van der Waals surface area contributed by atoms with Gasteiger partial charge >= 0.3 is 0 Å². The number of rotatable bonds is 6. The second kappa shape index (κ2) is 6.48. The number of unbranched alkanes of at least 4 members (excludes halogenated alkanes) is 1. The number of aldehydes is 1. The van der Waals surface area contributed by atoms with Crippen molar-refractivity contribution in [3.05, 3.63) is 54.1 Å². The first-order valence-corrected chi connectivity index (χ1v) is 7.53. The Morgan fingerprint density at radius 2 is 2.00 bits per heavy atom. The molecule has 0 atom stereocenters. The first-order chi connectivity index (χ1) is 10.8. The summed E-state index contributed by atoms with van der Waals surface area (Å²) < 4.78 is 11.6. The summed E-state index contributed by atoms with van der Waals surface area (Å²) in [5, 5.41) is 0.977. The molecule has 0 saturated heterocycles. The van der Waals surface area contributed by atoms with Gasteiger partial charge in [-0.25, -0.2) is 0 Å². The molecule has 0 fully saturated rings. The van der Waals surface area contributed by atoms with Crippen molar-refractivity contribution < 1.29 is 13.9 Å². The number of hydrogen-bond donors (Lipinski definition) is 0. The molecule has 0 amide bonds. The third kappa shape index (κ3) is 2.89. The first-order valence-electron chi connectivity index (χ1n) is 7.53. The fourth-order valence-electron chi connectivity index (χ4n) is 2.40. The highest BCUT2D eigenvalue weighted by atomic mass is 16.5. The molecule has 0 aliphatic rings. The molecule has 3 nitrogen and oxygen atoms in total. The van der Waals surface area contributed by atoms with Crippen LogP contribution in [0.5, 0.6) is 5.75 Å². The monoisotopic (exact) mass is 294 g/mol. The molecule has 22 heavy (non-hydrogen) atoms. The summed E-state index contributed by atoms with van der Waals surface area (Å²) in [7, 11) is 0. The summed E-state index contributed by atoms with van der Waals surface area (Å²) in [6.07, 6.45) is 3.00. The minimum Gasteiger partial charge on any atom is -0.494 e. The molecule has 3 heteroatoms. The lowest BCUT2D eigenvalue weighted by Gasteiger charge is -2.04. The molecular formula is C19H18O3. The Bertz CT molecular complexity index is 786. The number of hydrogen-bond acceptors (Lipinski definition) is 3. The Hall–Kier alpha value is -2.55. The maximum atomic E-state index is 11.2. The van der Waals surface area contributed by atoms with E-state index in [0.717, 1.165) is 48.0 Å². The highest BCUT2D eigenvalue weighted by Crippen LogP contribution is 2.31. The largest absolute Gasteiger partial charge is 0.494 e. The van der Waals surface area contributed by atoms with Gasteiger partial charge in [0.05, 0.1) is 6.61 Å². The fraction of sp³-hybridized carbons (Fsp3) is 0.211. The van der Waals surface area contributed by atoms with Crippen LogP contribution in [0.25, 0.3) is 22.3 Å². The quantitative estimate of drug-likeness (QED) is 0.469. The van der Waals surface area contributed by atoms with Crippen LogP contribution >= 0.6 is 0 Å². The van der Waals surface area contributed by atoms with Crippen LogP contribution in [-0.4, -0.2) is 12.9 Å². The summed E-state index contributed by atoms with van der Waals surface area (Å²) in [5.74, 6) is 1.54. The minimum atomic E-state index is 0.626. The molecule has 1 aromatic heterocycles. The van der Waals surface area contributed by atoms with Crippen LogP contribution < -0.4 is 4.74 Å². The van der Waals surface area contributed by atoms with Gasteiger partial charge in [0.15, 0.2) is 6.29 Å². The second-order valence-electron chi connectivity index (χ2n) is 5.22. The van der Waals surface area contributed by atoms with E-state index < -0.39 is 0 Å². The summed E-state index contributed by atoms with van der Waals surface area (Å²) in [4.78, 5) is 11.2. The van der Waals surface area contributed by atoms with E-state index in [-0.39, 0.29) is 0 Å². The van der Waals surface area contributed by atoms with Gasteiger partial charge in [-0.2, -0.15) is 0 Å². The van der Waals surface area contributed by atoms with Gasteiger partial charge < -0.3 is 9.15 Å². The van der Waals surface area contributed by atoms with Crippen LogP contribution in [-0.2, 0) is 0 Å². The number of furan rings is 1. The van der Waals surface area contributed by atoms with Crippen molar-refractivity contribution in [2.75, 3.05) is 6.61 Å². The molecule has 112 valence electrons. The Balaban J connectivity index is 1.94. The maximum Gasteiger partial charge on any atom is 0.150 e. The average Bonchev–Trinajstić information content (AvgIpc) is 2.98. The lowest BCUT2D eigenvalue weighted by Crippen LogP contribution is -1.95. The van der Waals surface area contributed by atoms with E-state index in [9.17, 15) is 4.79 Å². The van der Waals surface area contributed by atoms with E-state index in [0.29, 0.717) is 11.3 Å². The molecule has 2 aromatic carbocycles. The Morgan fingerprint density at radius 1 is 1.14 bits per heavy atom. The van der Waals surface area contributed by atoms with Crippen molar-refractivity contribution in [1.82, 2.24) is 0 Å². The summed E-state index contributed by atoms with van der Waals surface area (Å²) in [6, 6.07) is 15.2. The van der Waals surface area contributed by atoms with E-state index in [2.05, 4.69) is 6.92 Å². The molecule has 1 heterocycles. The Labute approximate surface area is 129 Å². The topological polar surface area (TPSA) is 39.4 Å². The molecule has 3 aromatic rings. The van der Waals surface area contributed by atoms with Gasteiger partial charge in [-0.15, -0.1) is 0 Å². The molecular weight excluding hydrogens is 276 g/mol. The van der Waals surface area contributed by atoms with Crippen LogP contribution in [0.4, 0.5) is 0 Å². The smallest absolute Gasteiger partial charge is 0.150 e. The summed E-state index contributed by atoms with van der Waals surface area (Å²) >= 11 is 0. The van der Waals surface area contributed by atoms with Gasteiger partial charge in [-0.3, -0.25) is 4.79 Å². The van der Waals surface area contributed by atoms with Crippen molar-refractivity contribution in [2.45, 2.75) is 19.8 Å². The molecule has 0 aliphatic carbocycles. The van der Waals surface area contributed by atoms with Crippen LogP contribution in [0.3, 0.4) is 0 Å². The minimum absolute atomic E-state index is 0.626. The number of benzene rings is 2. The van der Waals surface area contributed by atoms with Gasteiger partial charge in [0.2, 0.25) is 0 Å². The van der Waals surface area contributed by atoms with Crippen LogP contribution in [0.2, 0.25) is 0 Å². The molecule has 0 bridgehead atoms. The Morgan fingerprint density at radius 3 is 2.82 bits per heavy atom. The number of fused-ring (bicyclic) bond motifs is 1. The van der Waals surface area contributed by atoms with Crippen molar-refractivity contribution in [3.63, 3.8) is 0 Å². The molecule has 0 aliphatic heterocycles. The lowest BCUT2D eigenvalue weighted by molar-refractivity contribution is 0.112. The van der Waals surface area contributed by atoms with Crippen LogP contribution in [0.15, 0.2) is 52.9 Å². The number of ether oxygens (including phenoxy) is 1. The van der Waals surface area contributed by atoms with Gasteiger partial charge in [0.25, 0.3) is 0 Å². The average molecular weight is 294 g/mol. The fourth-order valence-corrected chi connectivity index (χ4v) is 2.40. The second-order valence-corrected chi connectivity index (χ2v) is 5.22. The van der Waals surface area contributed by atoms with E-state index in [1.165, 1.54) is 0 Å². The van der Waals surface area contributed by atoms with E-state index in [4.69, 9.17) is 9.15 Å². The number of carbonyl (C=O) groups is 1. The van der Waals surface area contributed by atoms with Crippen molar-refractivity contribution >= 4 is 17.3 Å². The predicted octanol–water partition coefficient (Wildman–Crippen LogP) is 5.09. The van der Waals surface area contributed by atoms with E-state index in [1.54, 1.807) is 6.07 Å². The summed E-state index contributed by atoms with van der Waals surface area (Å²) in [6.45, 7) is 2.86. The predicted molar refractivity (Wildman–Crippen MR) is 87.4 cm³/mol. The molecule has 3 rings (SSSR count). The van der Waals surface area contributed by atoms with Crippen molar-refractivity contribution in [1.29, 1.82) is 0 Å². The van der Waals surface area contributed by atoms with Crippen LogP contribution in [0.1, 0.15) is 30.1 Å². The highest BCUT2D eigenvalue weighted by Gasteiger charge is 2.10. The van der Waals surface area contributed by atoms with Crippen molar-refractivity contribution in [3.8, 4) is 17.1 Å².